The van der Waals surface area contributed by atoms with Crippen LogP contribution in [0.3, 0.4) is 0 Å². The quantitative estimate of drug-likeness (QED) is 0.356. The van der Waals surface area contributed by atoms with Crippen LogP contribution in [0, 0.1) is 11.7 Å². The molecule has 0 unspecified atom stereocenters. The Kier molecular flexibility index (Phi) is 7.40. The van der Waals surface area contributed by atoms with E-state index in [0.717, 1.165) is 11.3 Å². The summed E-state index contributed by atoms with van der Waals surface area (Å²) in [7, 11) is 1.63. The minimum atomic E-state index is -0.339. The molecule has 0 saturated heterocycles. The smallest absolute Gasteiger partial charge is 0.336 e. The molecule has 0 aliphatic rings. The van der Waals surface area contributed by atoms with Crippen molar-refractivity contribution < 1.29 is 18.7 Å². The lowest BCUT2D eigenvalue weighted by Crippen LogP contribution is -2.17. The van der Waals surface area contributed by atoms with Gasteiger partial charge in [-0.3, -0.25) is 4.79 Å². The molecule has 0 radical (unpaired) electrons. The number of benzene rings is 3. The van der Waals surface area contributed by atoms with Crippen LogP contribution in [0.15, 0.2) is 72.8 Å². The van der Waals surface area contributed by atoms with E-state index >= 15 is 0 Å². The number of anilines is 1. The molecule has 0 spiro atoms. The van der Waals surface area contributed by atoms with Crippen molar-refractivity contribution in [1.29, 1.82) is 0 Å². The molecule has 180 valence electrons. The zero-order valence-corrected chi connectivity index (χ0v) is 19.9. The molecule has 1 aromatic heterocycles. The maximum atomic E-state index is 13.5. The summed E-state index contributed by atoms with van der Waals surface area (Å²) in [5.74, 6) is 0.726. The normalized spacial score (nSPS) is 10.9. The van der Waals surface area contributed by atoms with Gasteiger partial charge >= 0.3 is 6.01 Å². The van der Waals surface area contributed by atoms with Crippen molar-refractivity contribution in [2.45, 2.75) is 20.3 Å². The molecule has 4 rings (SSSR count). The van der Waals surface area contributed by atoms with Gasteiger partial charge in [0.2, 0.25) is 5.91 Å². The number of carbonyl (C=O) groups excluding carboxylic acids is 1. The Balaban J connectivity index is 1.59. The molecule has 1 heterocycles. The predicted octanol–water partition coefficient (Wildman–Crippen LogP) is 5.30. The Bertz CT molecular complexity index is 1280. The topological polar surface area (TPSA) is 78.3 Å². The van der Waals surface area contributed by atoms with Crippen LogP contribution >= 0.6 is 0 Å². The average Bonchev–Trinajstić information content (AvgIpc) is 3.29. The van der Waals surface area contributed by atoms with Crippen LogP contribution in [0.4, 0.5) is 10.1 Å². The number of rotatable bonds is 9. The van der Waals surface area contributed by atoms with Crippen LogP contribution in [-0.2, 0) is 11.2 Å². The molecular weight excluding hydrogens is 447 g/mol. The lowest BCUT2D eigenvalue weighted by Gasteiger charge is -2.10. The molecule has 0 aliphatic heterocycles. The van der Waals surface area contributed by atoms with Gasteiger partial charge in [0.25, 0.3) is 0 Å². The van der Waals surface area contributed by atoms with Gasteiger partial charge in [0.1, 0.15) is 11.6 Å². The van der Waals surface area contributed by atoms with Crippen molar-refractivity contribution in [3.63, 3.8) is 0 Å². The molecule has 0 saturated carbocycles. The number of methoxy groups -OCH3 is 1. The van der Waals surface area contributed by atoms with Crippen molar-refractivity contribution in [2.24, 2.45) is 5.92 Å². The zero-order chi connectivity index (χ0) is 24.8. The van der Waals surface area contributed by atoms with E-state index in [1.807, 2.05) is 62.4 Å². The second-order valence-electron chi connectivity index (χ2n) is 8.28. The fourth-order valence-corrected chi connectivity index (χ4v) is 3.37. The lowest BCUT2D eigenvalue weighted by molar-refractivity contribution is -0.118. The van der Waals surface area contributed by atoms with Crippen LogP contribution in [0.2, 0.25) is 0 Å². The molecule has 1 amide bonds. The highest BCUT2D eigenvalue weighted by atomic mass is 19.1. The van der Waals surface area contributed by atoms with Gasteiger partial charge in [-0.2, -0.15) is 4.98 Å². The van der Waals surface area contributed by atoms with Crippen molar-refractivity contribution >= 4 is 11.6 Å². The van der Waals surface area contributed by atoms with Gasteiger partial charge in [-0.15, -0.1) is 5.10 Å². The van der Waals surface area contributed by atoms with Gasteiger partial charge in [-0.1, -0.05) is 32.0 Å². The Labute approximate surface area is 203 Å². The molecule has 8 heteroatoms. The molecular formula is C27H27FN4O3. The molecule has 35 heavy (non-hydrogen) atoms. The van der Waals surface area contributed by atoms with Crippen LogP contribution in [-0.4, -0.2) is 34.4 Å². The number of hydrogen-bond donors (Lipinski definition) is 1. The van der Waals surface area contributed by atoms with E-state index in [4.69, 9.17) is 9.47 Å². The molecule has 0 atom stereocenters. The van der Waals surface area contributed by atoms with Gasteiger partial charge < -0.3 is 14.8 Å². The highest BCUT2D eigenvalue weighted by Gasteiger charge is 2.16. The number of nitrogens with one attached hydrogen (secondary N) is 1. The Hall–Kier alpha value is -4.20. The standard InChI is InChI=1S/C27H27FN4O3/c1-18(2)26(33)29-22-5-4-6-23(17-22)32-25(20-9-11-21(28)12-10-20)30-27(31-32)35-16-15-19-7-13-24(34-3)14-8-19/h4-14,17-18H,15-16H2,1-3H3,(H,29,33). The van der Waals surface area contributed by atoms with E-state index in [1.54, 1.807) is 23.9 Å². The van der Waals surface area contributed by atoms with Crippen molar-refractivity contribution in [3.8, 4) is 28.8 Å². The molecule has 0 fully saturated rings. The zero-order valence-electron chi connectivity index (χ0n) is 19.9. The highest BCUT2D eigenvalue weighted by molar-refractivity contribution is 5.92. The van der Waals surface area contributed by atoms with Gasteiger partial charge in [-0.25, -0.2) is 9.07 Å². The summed E-state index contributed by atoms with van der Waals surface area (Å²) in [5, 5.41) is 7.45. The Morgan fingerprint density at radius 2 is 1.80 bits per heavy atom. The molecule has 1 N–H and O–H groups in total. The Morgan fingerprint density at radius 3 is 2.49 bits per heavy atom. The number of ether oxygens (including phenoxy) is 2. The number of hydrogen-bond acceptors (Lipinski definition) is 5. The third kappa shape index (κ3) is 6.03. The molecule has 0 aliphatic carbocycles. The average molecular weight is 475 g/mol. The largest absolute Gasteiger partial charge is 0.497 e. The first-order chi connectivity index (χ1) is 16.9. The maximum absolute atomic E-state index is 13.5. The summed E-state index contributed by atoms with van der Waals surface area (Å²) >= 11 is 0. The van der Waals surface area contributed by atoms with E-state index in [-0.39, 0.29) is 23.7 Å². The van der Waals surface area contributed by atoms with Crippen LogP contribution in [0.25, 0.3) is 17.1 Å². The Morgan fingerprint density at radius 1 is 1.06 bits per heavy atom. The number of aromatic nitrogens is 3. The number of nitrogens with zero attached hydrogens (tertiary/aromatic N) is 3. The summed E-state index contributed by atoms with van der Waals surface area (Å²) in [5.41, 5.74) is 3.10. The second kappa shape index (κ2) is 10.8. The fourth-order valence-electron chi connectivity index (χ4n) is 3.37. The molecule has 3 aromatic carbocycles. The van der Waals surface area contributed by atoms with Crippen molar-refractivity contribution in [2.75, 3.05) is 19.0 Å². The van der Waals surface area contributed by atoms with Crippen LogP contribution in [0.5, 0.6) is 11.8 Å². The third-order valence-electron chi connectivity index (χ3n) is 5.35. The molecule has 7 nitrogen and oxygen atoms in total. The first kappa shape index (κ1) is 23.9. The minimum Gasteiger partial charge on any atom is -0.497 e. The number of halogens is 1. The summed E-state index contributed by atoms with van der Waals surface area (Å²) in [4.78, 5) is 16.7. The number of carbonyl (C=O) groups is 1. The lowest BCUT2D eigenvalue weighted by atomic mass is 10.1. The highest BCUT2D eigenvalue weighted by Crippen LogP contribution is 2.25. The summed E-state index contributed by atoms with van der Waals surface area (Å²) < 4.78 is 26.2. The van der Waals surface area contributed by atoms with Crippen LogP contribution in [0.1, 0.15) is 19.4 Å². The molecule has 4 aromatic rings. The van der Waals surface area contributed by atoms with Gasteiger partial charge in [-0.05, 0) is 60.2 Å². The van der Waals surface area contributed by atoms with Gasteiger partial charge in [0.15, 0.2) is 5.82 Å². The summed E-state index contributed by atoms with van der Waals surface area (Å²) in [6.45, 7) is 4.04. The predicted molar refractivity (Wildman–Crippen MR) is 132 cm³/mol. The number of amides is 1. The van der Waals surface area contributed by atoms with E-state index in [2.05, 4.69) is 15.4 Å². The monoisotopic (exact) mass is 474 g/mol. The van der Waals surface area contributed by atoms with E-state index < -0.39 is 0 Å². The summed E-state index contributed by atoms with van der Waals surface area (Å²) in [6, 6.07) is 21.3. The van der Waals surface area contributed by atoms with Crippen molar-refractivity contribution in [1.82, 2.24) is 14.8 Å². The maximum Gasteiger partial charge on any atom is 0.336 e. The van der Waals surface area contributed by atoms with Gasteiger partial charge in [0.05, 0.1) is 19.4 Å². The first-order valence-corrected chi connectivity index (χ1v) is 11.3. The third-order valence-corrected chi connectivity index (χ3v) is 5.35. The van der Waals surface area contributed by atoms with E-state index in [1.165, 1.54) is 12.1 Å². The fraction of sp³-hybridized carbons (Fsp3) is 0.222. The SMILES string of the molecule is COc1ccc(CCOc2nc(-c3ccc(F)cc3)n(-c3cccc(NC(=O)C(C)C)c3)n2)cc1. The summed E-state index contributed by atoms with van der Waals surface area (Å²) in [6.07, 6.45) is 0.668. The van der Waals surface area contributed by atoms with Gasteiger partial charge in [0, 0.05) is 23.6 Å². The van der Waals surface area contributed by atoms with Crippen molar-refractivity contribution in [3.05, 3.63) is 84.2 Å². The van der Waals surface area contributed by atoms with E-state index in [0.29, 0.717) is 35.8 Å². The first-order valence-electron chi connectivity index (χ1n) is 11.3. The minimum absolute atomic E-state index is 0.0814. The second-order valence-corrected chi connectivity index (χ2v) is 8.28. The van der Waals surface area contributed by atoms with E-state index in [9.17, 15) is 9.18 Å². The van der Waals surface area contributed by atoms with Crippen LogP contribution < -0.4 is 14.8 Å². The molecule has 0 bridgehead atoms.